The Labute approximate surface area is 156 Å². The molecule has 0 spiro atoms. The average molecular weight is 458 g/mol. The molecule has 0 atom stereocenters. The number of nitrogens with zero attached hydrogens (tertiary/aromatic N) is 3. The molecule has 0 radical (unpaired) electrons. The lowest BCUT2D eigenvalue weighted by atomic mass is 10.00. The largest absolute Gasteiger partial charge is 0.468 e. The molecule has 0 unspecified atom stereocenters. The van der Waals surface area contributed by atoms with Crippen molar-refractivity contribution in [3.8, 4) is 5.88 Å². The van der Waals surface area contributed by atoms with Gasteiger partial charge in [0.2, 0.25) is 5.88 Å². The number of aromatic nitrogens is 1. The predicted molar refractivity (Wildman–Crippen MR) is 96.5 cm³/mol. The third-order valence-electron chi connectivity index (χ3n) is 3.71. The van der Waals surface area contributed by atoms with Crippen LogP contribution < -0.4 is 10.5 Å². The number of ether oxygens (including phenoxy) is 1. The predicted octanol–water partition coefficient (Wildman–Crippen LogP) is 3.19. The van der Waals surface area contributed by atoms with Crippen LogP contribution in [0, 0.1) is 5.92 Å². The van der Waals surface area contributed by atoms with Gasteiger partial charge in [0.25, 0.3) is 0 Å². The van der Waals surface area contributed by atoms with E-state index in [0.717, 1.165) is 25.9 Å². The molecular weight excluding hydrogens is 436 g/mol. The smallest absolute Gasteiger partial charge is 0.422 e. The highest BCUT2D eigenvalue weighted by molar-refractivity contribution is 14.0. The average Bonchev–Trinajstić information content (AvgIpc) is 2.51. The van der Waals surface area contributed by atoms with Crippen LogP contribution in [-0.4, -0.2) is 41.7 Å². The molecule has 0 amide bonds. The Bertz CT molecular complexity index is 546. The summed E-state index contributed by atoms with van der Waals surface area (Å²) in [6, 6.07) is 3.12. The van der Waals surface area contributed by atoms with Gasteiger partial charge < -0.3 is 15.4 Å². The van der Waals surface area contributed by atoms with Crippen LogP contribution in [0.5, 0.6) is 5.88 Å². The zero-order valence-corrected chi connectivity index (χ0v) is 15.8. The number of alkyl halides is 3. The first-order chi connectivity index (χ1) is 10.8. The lowest BCUT2D eigenvalue weighted by Gasteiger charge is -2.31. The summed E-state index contributed by atoms with van der Waals surface area (Å²) >= 11 is 0. The van der Waals surface area contributed by atoms with E-state index in [1.54, 1.807) is 6.07 Å². The van der Waals surface area contributed by atoms with E-state index in [-0.39, 0.29) is 36.4 Å². The quantitative estimate of drug-likeness (QED) is 0.428. The summed E-state index contributed by atoms with van der Waals surface area (Å²) in [5, 5.41) is 0. The van der Waals surface area contributed by atoms with Gasteiger partial charge in [0.05, 0.1) is 6.54 Å². The number of nitrogens with two attached hydrogens (primary N) is 1. The Morgan fingerprint density at radius 2 is 2.08 bits per heavy atom. The molecule has 9 heteroatoms. The fourth-order valence-electron chi connectivity index (χ4n) is 2.29. The number of hydrogen-bond donors (Lipinski definition) is 1. The molecule has 0 aliphatic carbocycles. The molecule has 0 bridgehead atoms. The van der Waals surface area contributed by atoms with Crippen molar-refractivity contribution in [2.45, 2.75) is 32.5 Å². The van der Waals surface area contributed by atoms with Crippen LogP contribution in [0.4, 0.5) is 13.2 Å². The van der Waals surface area contributed by atoms with E-state index in [1.165, 1.54) is 12.3 Å². The van der Waals surface area contributed by atoms with Gasteiger partial charge in [-0.05, 0) is 30.4 Å². The van der Waals surface area contributed by atoms with Crippen LogP contribution in [0.1, 0.15) is 25.3 Å². The second-order valence-electron chi connectivity index (χ2n) is 5.75. The van der Waals surface area contributed by atoms with E-state index < -0.39 is 12.8 Å². The molecule has 1 aliphatic rings. The molecule has 1 aromatic rings. The van der Waals surface area contributed by atoms with Crippen molar-refractivity contribution in [2.24, 2.45) is 16.6 Å². The second-order valence-corrected chi connectivity index (χ2v) is 5.75. The summed E-state index contributed by atoms with van der Waals surface area (Å²) in [6.07, 6.45) is -0.817. The minimum Gasteiger partial charge on any atom is -0.468 e. The van der Waals surface area contributed by atoms with Crippen molar-refractivity contribution < 1.29 is 17.9 Å². The normalized spacial score (nSPS) is 16.7. The Morgan fingerprint density at radius 1 is 1.42 bits per heavy atom. The van der Waals surface area contributed by atoms with Gasteiger partial charge in [-0.3, -0.25) is 0 Å². The maximum atomic E-state index is 12.1. The maximum absolute atomic E-state index is 12.1. The summed E-state index contributed by atoms with van der Waals surface area (Å²) in [6.45, 7) is 2.90. The SMILES string of the molecule is CC1CCN(C(N)=NCc2ccnc(OCC(F)(F)F)c2)CC1.I. The van der Waals surface area contributed by atoms with Crippen LogP contribution >= 0.6 is 24.0 Å². The molecule has 1 fully saturated rings. The first-order valence-electron chi connectivity index (χ1n) is 7.53. The number of likely N-dealkylation sites (tertiary alicyclic amines) is 1. The number of piperidine rings is 1. The molecule has 1 aliphatic heterocycles. The molecule has 0 saturated carbocycles. The molecule has 24 heavy (non-hydrogen) atoms. The minimum atomic E-state index is -4.38. The third kappa shape index (κ3) is 7.10. The van der Waals surface area contributed by atoms with Gasteiger partial charge in [-0.15, -0.1) is 24.0 Å². The highest BCUT2D eigenvalue weighted by Gasteiger charge is 2.28. The Morgan fingerprint density at radius 3 is 2.71 bits per heavy atom. The first kappa shape index (κ1) is 20.8. The molecule has 136 valence electrons. The fraction of sp³-hybridized carbons (Fsp3) is 0.600. The fourth-order valence-corrected chi connectivity index (χ4v) is 2.29. The second kappa shape index (κ2) is 9.28. The number of guanidine groups is 1. The van der Waals surface area contributed by atoms with Crippen LogP contribution in [0.25, 0.3) is 0 Å². The van der Waals surface area contributed by atoms with Crippen LogP contribution in [0.15, 0.2) is 23.3 Å². The molecular formula is C15H22F3IN4O. The monoisotopic (exact) mass is 458 g/mol. The van der Waals surface area contributed by atoms with Gasteiger partial charge in [-0.1, -0.05) is 6.92 Å². The Hall–Kier alpha value is -1.26. The van der Waals surface area contributed by atoms with Crippen molar-refractivity contribution in [1.29, 1.82) is 0 Å². The summed E-state index contributed by atoms with van der Waals surface area (Å²) in [4.78, 5) is 10.1. The van der Waals surface area contributed by atoms with E-state index in [0.29, 0.717) is 17.4 Å². The molecule has 1 aromatic heterocycles. The topological polar surface area (TPSA) is 63.7 Å². The number of pyridine rings is 1. The number of hydrogen-bond acceptors (Lipinski definition) is 3. The van der Waals surface area contributed by atoms with Gasteiger partial charge in [0.15, 0.2) is 12.6 Å². The Balaban J connectivity index is 0.00000288. The Kier molecular flexibility index (Phi) is 8.04. The van der Waals surface area contributed by atoms with E-state index in [1.807, 2.05) is 4.90 Å². The van der Waals surface area contributed by atoms with Crippen LogP contribution in [-0.2, 0) is 6.54 Å². The van der Waals surface area contributed by atoms with Gasteiger partial charge >= 0.3 is 6.18 Å². The molecule has 2 heterocycles. The van der Waals surface area contributed by atoms with E-state index in [4.69, 9.17) is 5.73 Å². The zero-order valence-electron chi connectivity index (χ0n) is 13.4. The summed E-state index contributed by atoms with van der Waals surface area (Å²) in [5.74, 6) is 1.10. The standard InChI is InChI=1S/C15H21F3N4O.HI/c1-11-3-6-22(7-4-11)14(19)21-9-12-2-5-20-13(8-12)23-10-15(16,17)18;/h2,5,8,11H,3-4,6-7,9-10H2,1H3,(H2,19,21);1H. The lowest BCUT2D eigenvalue weighted by Crippen LogP contribution is -2.42. The molecule has 0 aromatic carbocycles. The summed E-state index contributed by atoms with van der Waals surface area (Å²) in [5.41, 5.74) is 6.68. The minimum absolute atomic E-state index is 0. The molecule has 2 rings (SSSR count). The first-order valence-corrected chi connectivity index (χ1v) is 7.53. The van der Waals surface area contributed by atoms with Crippen molar-refractivity contribution in [2.75, 3.05) is 19.7 Å². The zero-order chi connectivity index (χ0) is 16.9. The van der Waals surface area contributed by atoms with Gasteiger partial charge in [-0.2, -0.15) is 13.2 Å². The van der Waals surface area contributed by atoms with Crippen molar-refractivity contribution in [1.82, 2.24) is 9.88 Å². The van der Waals surface area contributed by atoms with Crippen LogP contribution in [0.2, 0.25) is 0 Å². The van der Waals surface area contributed by atoms with Gasteiger partial charge in [0.1, 0.15) is 0 Å². The number of rotatable bonds is 4. The highest BCUT2D eigenvalue weighted by Crippen LogP contribution is 2.18. The van der Waals surface area contributed by atoms with E-state index in [2.05, 4.69) is 21.6 Å². The number of halogens is 4. The highest BCUT2D eigenvalue weighted by atomic mass is 127. The van der Waals surface area contributed by atoms with Gasteiger partial charge in [-0.25, -0.2) is 9.98 Å². The lowest BCUT2D eigenvalue weighted by molar-refractivity contribution is -0.154. The van der Waals surface area contributed by atoms with Crippen molar-refractivity contribution >= 4 is 29.9 Å². The number of aliphatic imine (C=N–C) groups is 1. The third-order valence-corrected chi connectivity index (χ3v) is 3.71. The molecule has 2 N–H and O–H groups in total. The van der Waals surface area contributed by atoms with Crippen LogP contribution in [0.3, 0.4) is 0 Å². The summed E-state index contributed by atoms with van der Waals surface area (Å²) in [7, 11) is 0. The van der Waals surface area contributed by atoms with E-state index in [9.17, 15) is 13.2 Å². The summed E-state index contributed by atoms with van der Waals surface area (Å²) < 4.78 is 41.0. The molecule has 1 saturated heterocycles. The van der Waals surface area contributed by atoms with E-state index >= 15 is 0 Å². The molecule has 5 nitrogen and oxygen atoms in total. The van der Waals surface area contributed by atoms with Gasteiger partial charge in [0, 0.05) is 25.4 Å². The maximum Gasteiger partial charge on any atom is 0.422 e. The van der Waals surface area contributed by atoms with Crippen molar-refractivity contribution in [3.05, 3.63) is 23.9 Å². The van der Waals surface area contributed by atoms with Crippen molar-refractivity contribution in [3.63, 3.8) is 0 Å².